The van der Waals surface area contributed by atoms with Crippen molar-refractivity contribution in [2.75, 3.05) is 12.0 Å². The van der Waals surface area contributed by atoms with Gasteiger partial charge in [0, 0.05) is 18.9 Å². The summed E-state index contributed by atoms with van der Waals surface area (Å²) in [5.74, 6) is -0.383. The lowest BCUT2D eigenvalue weighted by molar-refractivity contribution is -0.145. The van der Waals surface area contributed by atoms with E-state index in [2.05, 4.69) is 15.3 Å². The van der Waals surface area contributed by atoms with Gasteiger partial charge in [-0.15, -0.1) is 0 Å². The summed E-state index contributed by atoms with van der Waals surface area (Å²) in [6, 6.07) is 0. The molecule has 1 aromatic heterocycles. The maximum atomic E-state index is 11.2. The van der Waals surface area contributed by atoms with Crippen LogP contribution in [0.4, 0.5) is 0 Å². The molecule has 0 bridgehead atoms. The molecule has 0 aromatic carbocycles. The van der Waals surface area contributed by atoms with Gasteiger partial charge < -0.3 is 10.8 Å². The van der Waals surface area contributed by atoms with E-state index < -0.39 is 11.6 Å². The van der Waals surface area contributed by atoms with Crippen LogP contribution < -0.4 is 11.1 Å². The molecule has 0 aliphatic carbocycles. The second-order valence-electron chi connectivity index (χ2n) is 4.02. The topological polar surface area (TPSA) is 101 Å². The Bertz CT molecular complexity index is 399. The van der Waals surface area contributed by atoms with Crippen LogP contribution in [0.15, 0.2) is 12.4 Å². The molecular weight excluding hydrogens is 252 g/mol. The molecule has 1 heterocycles. The summed E-state index contributed by atoms with van der Waals surface area (Å²) >= 11 is 1.56. The first-order valence-electron chi connectivity index (χ1n) is 5.51. The molecule has 7 heteroatoms. The Labute approximate surface area is 110 Å². The maximum Gasteiger partial charge on any atom is 0.338 e. The summed E-state index contributed by atoms with van der Waals surface area (Å²) in [5.41, 5.74) is 5.90. The van der Waals surface area contributed by atoms with Crippen molar-refractivity contribution in [2.24, 2.45) is 5.73 Å². The van der Waals surface area contributed by atoms with Gasteiger partial charge in [0.1, 0.15) is 0 Å². The molecule has 6 nitrogen and oxygen atoms in total. The summed E-state index contributed by atoms with van der Waals surface area (Å²) < 4.78 is 0. The average Bonchev–Trinajstić information content (AvgIpc) is 2.35. The third kappa shape index (κ3) is 4.25. The lowest BCUT2D eigenvalue weighted by atomic mass is 10.1. The van der Waals surface area contributed by atoms with E-state index in [0.717, 1.165) is 5.69 Å². The van der Waals surface area contributed by atoms with Gasteiger partial charge in [0.15, 0.2) is 5.66 Å². The van der Waals surface area contributed by atoms with Crippen molar-refractivity contribution < 1.29 is 9.90 Å². The van der Waals surface area contributed by atoms with Gasteiger partial charge in [-0.3, -0.25) is 15.3 Å². The molecule has 0 saturated carbocycles. The van der Waals surface area contributed by atoms with Crippen LogP contribution in [-0.2, 0) is 11.3 Å². The van der Waals surface area contributed by atoms with Crippen LogP contribution >= 0.6 is 11.8 Å². The summed E-state index contributed by atoms with van der Waals surface area (Å²) in [5, 5.41) is 12.0. The quantitative estimate of drug-likeness (QED) is 0.615. The number of aliphatic carboxylic acids is 1. The Hall–Kier alpha value is -1.18. The minimum Gasteiger partial charge on any atom is -0.479 e. The average molecular weight is 270 g/mol. The van der Waals surface area contributed by atoms with E-state index in [1.54, 1.807) is 24.2 Å². The zero-order valence-corrected chi connectivity index (χ0v) is 11.3. The van der Waals surface area contributed by atoms with Crippen molar-refractivity contribution >= 4 is 17.7 Å². The molecule has 0 aliphatic rings. The van der Waals surface area contributed by atoms with Gasteiger partial charge in [-0.05, 0) is 25.4 Å². The summed E-state index contributed by atoms with van der Waals surface area (Å²) in [6.45, 7) is 2.12. The molecule has 0 spiro atoms. The van der Waals surface area contributed by atoms with Gasteiger partial charge in [-0.2, -0.15) is 11.8 Å². The molecule has 0 fully saturated rings. The van der Waals surface area contributed by atoms with Crippen molar-refractivity contribution in [2.45, 2.75) is 25.6 Å². The van der Waals surface area contributed by atoms with E-state index in [9.17, 15) is 4.79 Å². The molecule has 4 N–H and O–H groups in total. The van der Waals surface area contributed by atoms with Crippen molar-refractivity contribution in [3.8, 4) is 0 Å². The lowest BCUT2D eigenvalue weighted by Gasteiger charge is -2.25. The SMILES string of the molecule is CSCCC(N)(NCc1cnc(C)cn1)C(=O)O. The molecule has 1 atom stereocenters. The minimum absolute atomic E-state index is 0.282. The second kappa shape index (κ2) is 6.67. The standard InChI is InChI=1S/C11H18N4O2S/c1-8-5-14-9(6-13-8)7-15-11(12,10(16)17)3-4-18-2/h5-6,15H,3-4,7,12H2,1-2H3,(H,16,17). The van der Waals surface area contributed by atoms with Gasteiger partial charge in [-0.1, -0.05) is 0 Å². The van der Waals surface area contributed by atoms with Gasteiger partial charge in [0.2, 0.25) is 0 Å². The van der Waals surface area contributed by atoms with Crippen molar-refractivity contribution in [1.29, 1.82) is 0 Å². The maximum absolute atomic E-state index is 11.2. The molecule has 0 amide bonds. The lowest BCUT2D eigenvalue weighted by Crippen LogP contribution is -2.59. The number of nitrogens with zero attached hydrogens (tertiary/aromatic N) is 2. The Morgan fingerprint density at radius 3 is 2.78 bits per heavy atom. The first kappa shape index (κ1) is 14.9. The van der Waals surface area contributed by atoms with Crippen LogP contribution in [-0.4, -0.2) is 38.7 Å². The van der Waals surface area contributed by atoms with Crippen LogP contribution in [0.1, 0.15) is 17.8 Å². The summed E-state index contributed by atoms with van der Waals surface area (Å²) in [6.07, 6.45) is 5.51. The largest absolute Gasteiger partial charge is 0.479 e. The summed E-state index contributed by atoms with van der Waals surface area (Å²) in [7, 11) is 0. The molecule has 1 aromatic rings. The van der Waals surface area contributed by atoms with Crippen LogP contribution in [0, 0.1) is 6.92 Å². The number of thioether (sulfide) groups is 1. The van der Waals surface area contributed by atoms with E-state index in [1.807, 2.05) is 13.2 Å². The molecule has 0 radical (unpaired) electrons. The fourth-order valence-electron chi connectivity index (χ4n) is 1.29. The first-order valence-corrected chi connectivity index (χ1v) is 6.91. The Balaban J connectivity index is 2.62. The minimum atomic E-state index is -1.42. The van der Waals surface area contributed by atoms with E-state index in [-0.39, 0.29) is 6.54 Å². The third-order valence-electron chi connectivity index (χ3n) is 2.50. The van der Waals surface area contributed by atoms with Gasteiger partial charge in [0.25, 0.3) is 0 Å². The fourth-order valence-corrected chi connectivity index (χ4v) is 1.82. The highest BCUT2D eigenvalue weighted by molar-refractivity contribution is 7.98. The Morgan fingerprint density at radius 2 is 2.28 bits per heavy atom. The van der Waals surface area contributed by atoms with Crippen LogP contribution in [0.3, 0.4) is 0 Å². The Kier molecular flexibility index (Phi) is 5.52. The van der Waals surface area contributed by atoms with Crippen molar-refractivity contribution in [3.63, 3.8) is 0 Å². The number of nitrogens with two attached hydrogens (primary N) is 1. The molecule has 0 aliphatic heterocycles. The highest BCUT2D eigenvalue weighted by Gasteiger charge is 2.32. The van der Waals surface area contributed by atoms with Crippen LogP contribution in [0.2, 0.25) is 0 Å². The highest BCUT2D eigenvalue weighted by atomic mass is 32.2. The van der Waals surface area contributed by atoms with E-state index in [1.165, 1.54) is 0 Å². The molecule has 0 saturated heterocycles. The highest BCUT2D eigenvalue weighted by Crippen LogP contribution is 2.09. The number of rotatable bonds is 7. The number of hydrogen-bond donors (Lipinski definition) is 3. The van der Waals surface area contributed by atoms with Gasteiger partial charge in [-0.25, -0.2) is 4.79 Å². The van der Waals surface area contributed by atoms with Crippen LogP contribution in [0.25, 0.3) is 0 Å². The van der Waals surface area contributed by atoms with E-state index in [4.69, 9.17) is 10.8 Å². The Morgan fingerprint density at radius 1 is 1.56 bits per heavy atom. The van der Waals surface area contributed by atoms with Crippen molar-refractivity contribution in [3.05, 3.63) is 23.8 Å². The van der Waals surface area contributed by atoms with E-state index >= 15 is 0 Å². The number of carboxylic acids is 1. The number of carboxylic acid groups (broad SMARTS) is 1. The monoisotopic (exact) mass is 270 g/mol. The normalized spacial score (nSPS) is 14.2. The molecule has 18 heavy (non-hydrogen) atoms. The predicted molar refractivity (Wildman–Crippen MR) is 71.2 cm³/mol. The van der Waals surface area contributed by atoms with Gasteiger partial charge in [0.05, 0.1) is 11.4 Å². The summed E-state index contributed by atoms with van der Waals surface area (Å²) in [4.78, 5) is 19.4. The second-order valence-corrected chi connectivity index (χ2v) is 5.01. The molecule has 100 valence electrons. The molecule has 1 rings (SSSR count). The number of nitrogens with one attached hydrogen (secondary N) is 1. The molecule has 1 unspecified atom stereocenters. The zero-order valence-electron chi connectivity index (χ0n) is 10.5. The smallest absolute Gasteiger partial charge is 0.338 e. The fraction of sp³-hybridized carbons (Fsp3) is 0.545. The number of hydrogen-bond acceptors (Lipinski definition) is 6. The molecular formula is C11H18N4O2S. The number of aromatic nitrogens is 2. The number of aryl methyl sites for hydroxylation is 1. The van der Waals surface area contributed by atoms with Crippen molar-refractivity contribution in [1.82, 2.24) is 15.3 Å². The number of carbonyl (C=O) groups is 1. The van der Waals surface area contributed by atoms with Crippen LogP contribution in [0.5, 0.6) is 0 Å². The zero-order chi connectivity index (χ0) is 13.6. The van der Waals surface area contributed by atoms with E-state index in [0.29, 0.717) is 17.9 Å². The van der Waals surface area contributed by atoms with Gasteiger partial charge >= 0.3 is 5.97 Å². The third-order valence-corrected chi connectivity index (χ3v) is 3.11. The first-order chi connectivity index (χ1) is 8.48. The predicted octanol–water partition coefficient (Wildman–Crippen LogP) is 0.367.